The van der Waals surface area contributed by atoms with Crippen molar-refractivity contribution in [1.29, 1.82) is 0 Å². The van der Waals surface area contributed by atoms with Crippen LogP contribution in [0.25, 0.3) is 0 Å². The van der Waals surface area contributed by atoms with Crippen molar-refractivity contribution < 1.29 is 18.0 Å². The van der Waals surface area contributed by atoms with Gasteiger partial charge in [-0.25, -0.2) is 0 Å². The number of anilines is 1. The summed E-state index contributed by atoms with van der Waals surface area (Å²) >= 11 is 0. The standard InChI is InChI=1S/C12H13F3N2O/c13-12(14,15)10-2-1-3-11(9(10)8-18)17-6-4-16-5-7-17/h1-3,8,16H,4-7H2. The van der Waals surface area contributed by atoms with Crippen LogP contribution in [0.5, 0.6) is 0 Å². The van der Waals surface area contributed by atoms with E-state index in [0.29, 0.717) is 38.2 Å². The fraction of sp³-hybridized carbons (Fsp3) is 0.417. The Kier molecular flexibility index (Phi) is 3.56. The number of carbonyl (C=O) groups excluding carboxylic acids is 1. The molecule has 18 heavy (non-hydrogen) atoms. The molecule has 0 aromatic heterocycles. The number of piperazine rings is 1. The van der Waals surface area contributed by atoms with E-state index in [-0.39, 0.29) is 5.56 Å². The molecule has 0 bridgehead atoms. The van der Waals surface area contributed by atoms with Gasteiger partial charge in [0.15, 0.2) is 6.29 Å². The Labute approximate surface area is 103 Å². The lowest BCUT2D eigenvalue weighted by Gasteiger charge is -2.31. The summed E-state index contributed by atoms with van der Waals surface area (Å²) in [6.07, 6.45) is -4.21. The molecule has 0 spiro atoms. The van der Waals surface area contributed by atoms with Crippen LogP contribution in [0, 0.1) is 0 Å². The van der Waals surface area contributed by atoms with E-state index in [1.165, 1.54) is 6.07 Å². The van der Waals surface area contributed by atoms with Gasteiger partial charge in [-0.15, -0.1) is 0 Å². The molecule has 0 unspecified atom stereocenters. The van der Waals surface area contributed by atoms with Gasteiger partial charge in [-0.3, -0.25) is 4.79 Å². The summed E-state index contributed by atoms with van der Waals surface area (Å²) in [4.78, 5) is 12.8. The first-order valence-electron chi connectivity index (χ1n) is 5.65. The molecule has 2 rings (SSSR count). The van der Waals surface area contributed by atoms with Gasteiger partial charge in [-0.2, -0.15) is 13.2 Å². The van der Waals surface area contributed by atoms with E-state index in [1.54, 1.807) is 11.0 Å². The Morgan fingerprint density at radius 2 is 1.89 bits per heavy atom. The highest BCUT2D eigenvalue weighted by Crippen LogP contribution is 2.35. The Morgan fingerprint density at radius 3 is 2.44 bits per heavy atom. The predicted molar refractivity (Wildman–Crippen MR) is 61.9 cm³/mol. The van der Waals surface area contributed by atoms with Crippen molar-refractivity contribution in [1.82, 2.24) is 5.32 Å². The van der Waals surface area contributed by atoms with Crippen LogP contribution >= 0.6 is 0 Å². The van der Waals surface area contributed by atoms with E-state index in [2.05, 4.69) is 5.32 Å². The average molecular weight is 258 g/mol. The number of rotatable bonds is 2. The van der Waals surface area contributed by atoms with Crippen LogP contribution in [-0.2, 0) is 6.18 Å². The third-order valence-electron chi connectivity index (χ3n) is 2.96. The van der Waals surface area contributed by atoms with Gasteiger partial charge in [-0.05, 0) is 12.1 Å². The minimum atomic E-state index is -4.50. The monoisotopic (exact) mass is 258 g/mol. The normalized spacial score (nSPS) is 16.7. The average Bonchev–Trinajstić information content (AvgIpc) is 2.37. The van der Waals surface area contributed by atoms with E-state index in [4.69, 9.17) is 0 Å². The highest BCUT2D eigenvalue weighted by molar-refractivity contribution is 5.87. The molecule has 1 aromatic carbocycles. The molecule has 6 heteroatoms. The number of carbonyl (C=O) groups is 1. The quantitative estimate of drug-likeness (QED) is 0.823. The lowest BCUT2D eigenvalue weighted by molar-refractivity contribution is -0.137. The topological polar surface area (TPSA) is 32.3 Å². The molecule has 98 valence electrons. The van der Waals surface area contributed by atoms with Gasteiger partial charge in [0.25, 0.3) is 0 Å². The van der Waals surface area contributed by atoms with Gasteiger partial charge in [-0.1, -0.05) is 6.07 Å². The molecular weight excluding hydrogens is 245 g/mol. The smallest absolute Gasteiger partial charge is 0.368 e. The van der Waals surface area contributed by atoms with Crippen LogP contribution in [0.1, 0.15) is 15.9 Å². The number of nitrogens with one attached hydrogen (secondary N) is 1. The predicted octanol–water partition coefficient (Wildman–Crippen LogP) is 1.93. The fourth-order valence-corrected chi connectivity index (χ4v) is 2.11. The van der Waals surface area contributed by atoms with Gasteiger partial charge in [0.1, 0.15) is 0 Å². The van der Waals surface area contributed by atoms with Crippen molar-refractivity contribution in [3.8, 4) is 0 Å². The lowest BCUT2D eigenvalue weighted by Crippen LogP contribution is -2.44. The molecule has 1 N–H and O–H groups in total. The van der Waals surface area contributed by atoms with Crippen LogP contribution < -0.4 is 10.2 Å². The first kappa shape index (κ1) is 12.9. The maximum Gasteiger partial charge on any atom is 0.417 e. The molecule has 0 aliphatic carbocycles. The van der Waals surface area contributed by atoms with Crippen LogP contribution in [0.2, 0.25) is 0 Å². The second-order valence-corrected chi connectivity index (χ2v) is 4.09. The highest BCUT2D eigenvalue weighted by atomic mass is 19.4. The molecule has 0 amide bonds. The van der Waals surface area contributed by atoms with Crippen LogP contribution in [-0.4, -0.2) is 32.5 Å². The summed E-state index contributed by atoms with van der Waals surface area (Å²) in [7, 11) is 0. The molecule has 0 radical (unpaired) electrons. The van der Waals surface area contributed by atoms with Gasteiger partial charge in [0.2, 0.25) is 0 Å². The third kappa shape index (κ3) is 2.48. The van der Waals surface area contributed by atoms with Crippen molar-refractivity contribution in [3.05, 3.63) is 29.3 Å². The fourth-order valence-electron chi connectivity index (χ4n) is 2.11. The SMILES string of the molecule is O=Cc1c(N2CCNCC2)cccc1C(F)(F)F. The number of hydrogen-bond donors (Lipinski definition) is 1. The number of halogens is 3. The second kappa shape index (κ2) is 4.97. The molecule has 1 heterocycles. The lowest BCUT2D eigenvalue weighted by atomic mass is 10.0. The number of alkyl halides is 3. The maximum atomic E-state index is 12.8. The van der Waals surface area contributed by atoms with Crippen LogP contribution in [0.3, 0.4) is 0 Å². The molecule has 1 aliphatic heterocycles. The van der Waals surface area contributed by atoms with E-state index in [1.807, 2.05) is 0 Å². The number of hydrogen-bond acceptors (Lipinski definition) is 3. The van der Waals surface area contributed by atoms with E-state index >= 15 is 0 Å². The molecule has 1 aliphatic rings. The largest absolute Gasteiger partial charge is 0.417 e. The van der Waals surface area contributed by atoms with Gasteiger partial charge in [0.05, 0.1) is 5.56 Å². The zero-order valence-electron chi connectivity index (χ0n) is 9.63. The minimum Gasteiger partial charge on any atom is -0.368 e. The Bertz CT molecular complexity index is 439. The van der Waals surface area contributed by atoms with Crippen LogP contribution in [0.15, 0.2) is 18.2 Å². The van der Waals surface area contributed by atoms with Crippen molar-refractivity contribution in [2.75, 3.05) is 31.1 Å². The molecule has 1 fully saturated rings. The summed E-state index contributed by atoms with van der Waals surface area (Å²) in [5, 5.41) is 3.11. The van der Waals surface area contributed by atoms with Gasteiger partial charge in [0, 0.05) is 37.4 Å². The second-order valence-electron chi connectivity index (χ2n) is 4.09. The summed E-state index contributed by atoms with van der Waals surface area (Å²) in [6, 6.07) is 3.84. The minimum absolute atomic E-state index is 0.271. The van der Waals surface area contributed by atoms with Crippen molar-refractivity contribution in [3.63, 3.8) is 0 Å². The number of aldehydes is 1. The van der Waals surface area contributed by atoms with Crippen molar-refractivity contribution in [2.24, 2.45) is 0 Å². The summed E-state index contributed by atoms with van der Waals surface area (Å²) in [6.45, 7) is 2.60. The Hall–Kier alpha value is -1.56. The molecule has 3 nitrogen and oxygen atoms in total. The Balaban J connectivity index is 2.44. The highest BCUT2D eigenvalue weighted by Gasteiger charge is 2.34. The third-order valence-corrected chi connectivity index (χ3v) is 2.96. The van der Waals surface area contributed by atoms with Crippen molar-refractivity contribution in [2.45, 2.75) is 6.18 Å². The molecule has 1 saturated heterocycles. The summed E-state index contributed by atoms with van der Waals surface area (Å²) in [5.41, 5.74) is -0.776. The first-order valence-corrected chi connectivity index (χ1v) is 5.65. The van der Waals surface area contributed by atoms with E-state index in [9.17, 15) is 18.0 Å². The molecule has 0 atom stereocenters. The van der Waals surface area contributed by atoms with Gasteiger partial charge < -0.3 is 10.2 Å². The Morgan fingerprint density at radius 1 is 1.22 bits per heavy atom. The molecule has 0 saturated carbocycles. The van der Waals surface area contributed by atoms with Crippen LogP contribution in [0.4, 0.5) is 18.9 Å². The van der Waals surface area contributed by atoms with E-state index < -0.39 is 11.7 Å². The summed E-state index contributed by atoms with van der Waals surface area (Å²) in [5.74, 6) is 0. The molecule has 1 aromatic rings. The number of nitrogens with zero attached hydrogens (tertiary/aromatic N) is 1. The zero-order chi connectivity index (χ0) is 13.2. The maximum absolute atomic E-state index is 12.8. The van der Waals surface area contributed by atoms with E-state index in [0.717, 1.165) is 6.07 Å². The summed E-state index contributed by atoms with van der Waals surface area (Å²) < 4.78 is 38.4. The zero-order valence-corrected chi connectivity index (χ0v) is 9.63. The molecular formula is C12H13F3N2O. The number of benzene rings is 1. The van der Waals surface area contributed by atoms with Crippen molar-refractivity contribution >= 4 is 12.0 Å². The van der Waals surface area contributed by atoms with Gasteiger partial charge >= 0.3 is 6.18 Å². The first-order chi connectivity index (χ1) is 8.54.